The highest BCUT2D eigenvalue weighted by Crippen LogP contribution is 2.36. The number of hydrogen-bond donors (Lipinski definition) is 4. The van der Waals surface area contributed by atoms with Crippen LogP contribution < -0.4 is 21.3 Å². The average molecular weight is 475 g/mol. The van der Waals surface area contributed by atoms with Crippen molar-refractivity contribution < 1.29 is 19.2 Å². The number of thiocarbonyl (C=S) groups is 2. The highest BCUT2D eigenvalue weighted by Gasteiger charge is 2.51. The smallest absolute Gasteiger partial charge is 0.242 e. The largest absolute Gasteiger partial charge is 0.302 e. The van der Waals surface area contributed by atoms with E-state index in [4.69, 9.17) is 24.4 Å². The van der Waals surface area contributed by atoms with Gasteiger partial charge < -0.3 is 21.3 Å². The van der Waals surface area contributed by atoms with Crippen molar-refractivity contribution in [2.45, 2.75) is 52.4 Å². The van der Waals surface area contributed by atoms with Gasteiger partial charge in [-0.3, -0.25) is 19.2 Å². The van der Waals surface area contributed by atoms with Crippen LogP contribution in [0.15, 0.2) is 24.3 Å². The van der Waals surface area contributed by atoms with E-state index in [9.17, 15) is 19.2 Å². The Hall–Kier alpha value is -2.72. The van der Waals surface area contributed by atoms with Crippen molar-refractivity contribution in [2.75, 3.05) is 0 Å². The molecule has 1 aromatic rings. The zero-order valence-corrected chi connectivity index (χ0v) is 19.6. The van der Waals surface area contributed by atoms with Gasteiger partial charge in [0, 0.05) is 0 Å². The van der Waals surface area contributed by atoms with Gasteiger partial charge in [-0.25, -0.2) is 0 Å². The lowest BCUT2D eigenvalue weighted by molar-refractivity contribution is -0.146. The van der Waals surface area contributed by atoms with Gasteiger partial charge >= 0.3 is 0 Å². The van der Waals surface area contributed by atoms with Crippen LogP contribution in [0, 0.1) is 10.8 Å². The Kier molecular flexibility index (Phi) is 7.04. The lowest BCUT2D eigenvalue weighted by atomic mass is 9.71. The van der Waals surface area contributed by atoms with E-state index in [-0.39, 0.29) is 23.1 Å². The molecule has 2 aliphatic heterocycles. The van der Waals surface area contributed by atoms with Gasteiger partial charge in [0.15, 0.2) is 10.2 Å². The van der Waals surface area contributed by atoms with Crippen LogP contribution in [-0.4, -0.2) is 33.9 Å². The van der Waals surface area contributed by atoms with Gasteiger partial charge in [-0.15, -0.1) is 0 Å². The van der Waals surface area contributed by atoms with Gasteiger partial charge in [0.05, 0.1) is 0 Å². The topological polar surface area (TPSA) is 116 Å². The number of benzene rings is 1. The summed E-state index contributed by atoms with van der Waals surface area (Å²) in [5, 5.41) is 10.3. The van der Waals surface area contributed by atoms with Crippen molar-refractivity contribution in [3.63, 3.8) is 0 Å². The molecule has 0 atom stereocenters. The minimum Gasteiger partial charge on any atom is -0.302 e. The van der Waals surface area contributed by atoms with E-state index in [1.807, 2.05) is 38.1 Å². The molecule has 0 spiro atoms. The first-order valence-electron chi connectivity index (χ1n) is 10.6. The van der Waals surface area contributed by atoms with E-state index in [1.165, 1.54) is 0 Å². The third-order valence-corrected chi connectivity index (χ3v) is 6.51. The van der Waals surface area contributed by atoms with E-state index in [0.717, 1.165) is 11.1 Å². The standard InChI is InChI=1S/C22H26N4O4S2/c1-3-9-21(15(27)23-19(31)24-16(21)28)11-13-7-5-6-8-14(13)12-22(10-4-2)17(29)25-20(32)26-18(22)30/h5-8H,3-4,9-12H2,1-2H3,(H2,23,24,27,28,31)(H2,25,26,29,30,32). The van der Waals surface area contributed by atoms with E-state index < -0.39 is 34.5 Å². The lowest BCUT2D eigenvalue weighted by Gasteiger charge is -2.37. The molecule has 3 rings (SSSR count). The molecule has 0 aliphatic carbocycles. The first-order chi connectivity index (χ1) is 15.2. The van der Waals surface area contributed by atoms with E-state index >= 15 is 0 Å². The van der Waals surface area contributed by atoms with Crippen molar-refractivity contribution in [3.05, 3.63) is 35.4 Å². The third-order valence-electron chi connectivity index (χ3n) is 6.10. The molecule has 2 saturated heterocycles. The molecule has 2 aliphatic rings. The molecule has 0 radical (unpaired) electrons. The van der Waals surface area contributed by atoms with Crippen LogP contribution in [0.1, 0.15) is 50.7 Å². The van der Waals surface area contributed by atoms with Crippen molar-refractivity contribution in [1.29, 1.82) is 0 Å². The summed E-state index contributed by atoms with van der Waals surface area (Å²) in [7, 11) is 0. The number of amides is 4. The molecule has 2 heterocycles. The fraction of sp³-hybridized carbons (Fsp3) is 0.455. The number of carbonyl (C=O) groups excluding carboxylic acids is 4. The minimum absolute atomic E-state index is 0.00608. The third kappa shape index (κ3) is 4.29. The fourth-order valence-electron chi connectivity index (χ4n) is 4.52. The Labute approximate surface area is 197 Å². The summed E-state index contributed by atoms with van der Waals surface area (Å²) in [5.74, 6) is -1.76. The molecule has 2 fully saturated rings. The summed E-state index contributed by atoms with van der Waals surface area (Å²) in [6.07, 6.45) is 2.13. The van der Waals surface area contributed by atoms with E-state index in [2.05, 4.69) is 21.3 Å². The molecular formula is C22H26N4O4S2. The predicted molar refractivity (Wildman–Crippen MR) is 126 cm³/mol. The molecule has 1 aromatic carbocycles. The summed E-state index contributed by atoms with van der Waals surface area (Å²) < 4.78 is 0. The summed E-state index contributed by atoms with van der Waals surface area (Å²) in [6, 6.07) is 7.26. The quantitative estimate of drug-likeness (QED) is 0.334. The molecule has 0 unspecified atom stereocenters. The maximum Gasteiger partial charge on any atom is 0.242 e. The van der Waals surface area contributed by atoms with E-state index in [1.54, 1.807) is 0 Å². The minimum atomic E-state index is -1.33. The summed E-state index contributed by atoms with van der Waals surface area (Å²) in [4.78, 5) is 51.7. The Morgan fingerprint density at radius 2 is 0.969 bits per heavy atom. The highest BCUT2D eigenvalue weighted by atomic mass is 32.1. The normalized spacial score (nSPS) is 19.7. The average Bonchev–Trinajstić information content (AvgIpc) is 2.71. The second-order valence-electron chi connectivity index (χ2n) is 8.26. The number of rotatable bonds is 8. The van der Waals surface area contributed by atoms with Crippen LogP contribution >= 0.6 is 24.4 Å². The zero-order chi connectivity index (χ0) is 23.5. The number of nitrogens with one attached hydrogen (secondary N) is 4. The molecule has 0 aromatic heterocycles. The molecule has 4 N–H and O–H groups in total. The van der Waals surface area contributed by atoms with Crippen molar-refractivity contribution in [3.8, 4) is 0 Å². The first kappa shape index (κ1) is 23.9. The van der Waals surface area contributed by atoms with Crippen molar-refractivity contribution in [2.24, 2.45) is 10.8 Å². The van der Waals surface area contributed by atoms with Crippen LogP contribution in [0.4, 0.5) is 0 Å². The molecular weight excluding hydrogens is 448 g/mol. The Bertz CT molecular complexity index is 888. The fourth-order valence-corrected chi connectivity index (χ4v) is 4.89. The molecule has 32 heavy (non-hydrogen) atoms. The number of hydrogen-bond acceptors (Lipinski definition) is 6. The highest BCUT2D eigenvalue weighted by molar-refractivity contribution is 7.80. The monoisotopic (exact) mass is 474 g/mol. The molecule has 0 saturated carbocycles. The lowest BCUT2D eigenvalue weighted by Crippen LogP contribution is -2.63. The van der Waals surface area contributed by atoms with Crippen LogP contribution in [0.3, 0.4) is 0 Å². The van der Waals surface area contributed by atoms with Crippen LogP contribution in [0.25, 0.3) is 0 Å². The SMILES string of the molecule is CCCC1(Cc2ccccc2CC2(CCC)C(=O)NC(=S)NC2=O)C(=O)NC(=S)NC1=O. The molecule has 170 valence electrons. The maximum absolute atomic E-state index is 12.9. The van der Waals surface area contributed by atoms with Gasteiger partial charge in [0.25, 0.3) is 0 Å². The first-order valence-corrected chi connectivity index (χ1v) is 11.4. The zero-order valence-electron chi connectivity index (χ0n) is 18.0. The Balaban J connectivity index is 2.01. The van der Waals surface area contributed by atoms with Crippen molar-refractivity contribution in [1.82, 2.24) is 21.3 Å². The van der Waals surface area contributed by atoms with Gasteiger partial charge in [0.2, 0.25) is 23.6 Å². The molecule has 0 bridgehead atoms. The predicted octanol–water partition coefficient (Wildman–Crippen LogP) is 1.41. The second kappa shape index (κ2) is 9.41. The van der Waals surface area contributed by atoms with Crippen molar-refractivity contribution >= 4 is 58.3 Å². The summed E-state index contributed by atoms with van der Waals surface area (Å²) >= 11 is 9.92. The van der Waals surface area contributed by atoms with Gasteiger partial charge in [-0.05, 0) is 61.2 Å². The Morgan fingerprint density at radius 3 is 1.25 bits per heavy atom. The molecule has 8 nitrogen and oxygen atoms in total. The second-order valence-corrected chi connectivity index (χ2v) is 9.08. The summed E-state index contributed by atoms with van der Waals surface area (Å²) in [5.41, 5.74) is -1.21. The Morgan fingerprint density at radius 1 is 0.656 bits per heavy atom. The van der Waals surface area contributed by atoms with Gasteiger partial charge in [-0.2, -0.15) is 0 Å². The molecule has 4 amide bonds. The van der Waals surface area contributed by atoms with Gasteiger partial charge in [-0.1, -0.05) is 51.0 Å². The number of carbonyl (C=O) groups is 4. The maximum atomic E-state index is 12.9. The van der Waals surface area contributed by atoms with Crippen LogP contribution in [-0.2, 0) is 32.0 Å². The molecule has 10 heteroatoms. The van der Waals surface area contributed by atoms with E-state index in [0.29, 0.717) is 25.7 Å². The van der Waals surface area contributed by atoms with Crippen LogP contribution in [0.2, 0.25) is 0 Å². The van der Waals surface area contributed by atoms with Crippen LogP contribution in [0.5, 0.6) is 0 Å². The van der Waals surface area contributed by atoms with Gasteiger partial charge in [0.1, 0.15) is 10.8 Å². The summed E-state index contributed by atoms with van der Waals surface area (Å²) in [6.45, 7) is 3.80.